The number of nitrogens with zero attached hydrogens (tertiary/aromatic N) is 1. The molecular formula is C17H20BrClN2. The summed E-state index contributed by atoms with van der Waals surface area (Å²) in [4.78, 5) is 2.10. The number of nitrogens with one attached hydrogen (secondary N) is 1. The van der Waals surface area contributed by atoms with Crippen molar-refractivity contribution >= 4 is 33.2 Å². The zero-order chi connectivity index (χ0) is 15.4. The van der Waals surface area contributed by atoms with Gasteiger partial charge in [-0.25, -0.2) is 0 Å². The molecule has 2 aromatic carbocycles. The van der Waals surface area contributed by atoms with Crippen LogP contribution in [-0.2, 0) is 6.42 Å². The number of hydrogen-bond acceptors (Lipinski definition) is 2. The standard InChI is InChI=1S/C17H20BrClN2/c1-20-17(10-13-4-7-14(18)11-16(13)19)12-5-8-15(9-6-12)21(2)3/h4-9,11,17,20H,10H2,1-3H3. The van der Waals surface area contributed by atoms with Crippen LogP contribution >= 0.6 is 27.5 Å². The van der Waals surface area contributed by atoms with Gasteiger partial charge in [0.15, 0.2) is 0 Å². The zero-order valence-electron chi connectivity index (χ0n) is 12.5. The Morgan fingerprint density at radius 2 is 1.81 bits per heavy atom. The Labute approximate surface area is 140 Å². The van der Waals surface area contributed by atoms with Gasteiger partial charge in [-0.15, -0.1) is 0 Å². The Hall–Kier alpha value is -1.03. The number of anilines is 1. The van der Waals surface area contributed by atoms with Crippen LogP contribution < -0.4 is 10.2 Å². The molecule has 0 heterocycles. The van der Waals surface area contributed by atoms with E-state index in [-0.39, 0.29) is 6.04 Å². The summed E-state index contributed by atoms with van der Waals surface area (Å²) in [5.74, 6) is 0. The Kier molecular flexibility index (Phi) is 5.68. The molecule has 0 aliphatic heterocycles. The molecule has 0 saturated heterocycles. The van der Waals surface area contributed by atoms with Crippen molar-refractivity contribution in [2.75, 3.05) is 26.0 Å². The molecule has 0 spiro atoms. The van der Waals surface area contributed by atoms with E-state index in [0.29, 0.717) is 0 Å². The van der Waals surface area contributed by atoms with Gasteiger partial charge in [-0.05, 0) is 48.9 Å². The SMILES string of the molecule is CNC(Cc1ccc(Br)cc1Cl)c1ccc(N(C)C)cc1. The summed E-state index contributed by atoms with van der Waals surface area (Å²) < 4.78 is 1.01. The second kappa shape index (κ2) is 7.30. The highest BCUT2D eigenvalue weighted by molar-refractivity contribution is 9.10. The fraction of sp³-hybridized carbons (Fsp3) is 0.294. The Bertz CT molecular complexity index is 596. The van der Waals surface area contributed by atoms with E-state index in [1.165, 1.54) is 11.3 Å². The fourth-order valence-electron chi connectivity index (χ4n) is 2.30. The molecule has 21 heavy (non-hydrogen) atoms. The highest BCUT2D eigenvalue weighted by atomic mass is 79.9. The van der Waals surface area contributed by atoms with Crippen LogP contribution in [0.25, 0.3) is 0 Å². The van der Waals surface area contributed by atoms with Crippen LogP contribution in [0.5, 0.6) is 0 Å². The smallest absolute Gasteiger partial charge is 0.0449 e. The van der Waals surface area contributed by atoms with Crippen molar-refractivity contribution in [2.45, 2.75) is 12.5 Å². The lowest BCUT2D eigenvalue weighted by molar-refractivity contribution is 0.592. The second-order valence-electron chi connectivity index (χ2n) is 5.27. The topological polar surface area (TPSA) is 15.3 Å². The number of rotatable bonds is 5. The summed E-state index contributed by atoms with van der Waals surface area (Å²) >= 11 is 9.76. The van der Waals surface area contributed by atoms with Crippen LogP contribution in [0, 0.1) is 0 Å². The lowest BCUT2D eigenvalue weighted by Crippen LogP contribution is -2.19. The minimum absolute atomic E-state index is 0.250. The third kappa shape index (κ3) is 4.22. The van der Waals surface area contributed by atoms with Crippen LogP contribution in [0.2, 0.25) is 5.02 Å². The average Bonchev–Trinajstić information content (AvgIpc) is 2.47. The first-order chi connectivity index (χ1) is 10.0. The normalized spacial score (nSPS) is 12.2. The van der Waals surface area contributed by atoms with Gasteiger partial charge in [-0.2, -0.15) is 0 Å². The monoisotopic (exact) mass is 366 g/mol. The highest BCUT2D eigenvalue weighted by Crippen LogP contribution is 2.27. The van der Waals surface area contributed by atoms with Crippen molar-refractivity contribution in [3.05, 3.63) is 63.1 Å². The van der Waals surface area contributed by atoms with E-state index in [4.69, 9.17) is 11.6 Å². The third-order valence-corrected chi connectivity index (χ3v) is 4.44. The minimum atomic E-state index is 0.250. The van der Waals surface area contributed by atoms with Crippen molar-refractivity contribution in [1.82, 2.24) is 5.32 Å². The van der Waals surface area contributed by atoms with E-state index in [0.717, 1.165) is 21.5 Å². The largest absolute Gasteiger partial charge is 0.378 e. The average molecular weight is 368 g/mol. The van der Waals surface area contributed by atoms with Crippen molar-refractivity contribution in [1.29, 1.82) is 0 Å². The van der Waals surface area contributed by atoms with E-state index >= 15 is 0 Å². The van der Waals surface area contributed by atoms with Gasteiger partial charge in [-0.3, -0.25) is 0 Å². The molecule has 0 aromatic heterocycles. The second-order valence-corrected chi connectivity index (χ2v) is 6.59. The van der Waals surface area contributed by atoms with Crippen LogP contribution in [-0.4, -0.2) is 21.1 Å². The van der Waals surface area contributed by atoms with Crippen molar-refractivity contribution < 1.29 is 0 Å². The molecule has 0 bridgehead atoms. The molecule has 0 aliphatic rings. The Morgan fingerprint density at radius 3 is 2.33 bits per heavy atom. The van der Waals surface area contributed by atoms with E-state index in [2.05, 4.69) is 56.5 Å². The lowest BCUT2D eigenvalue weighted by atomic mass is 9.98. The van der Waals surface area contributed by atoms with Crippen molar-refractivity contribution in [3.8, 4) is 0 Å². The molecule has 0 fully saturated rings. The van der Waals surface area contributed by atoms with Gasteiger partial charge in [0.1, 0.15) is 0 Å². The van der Waals surface area contributed by atoms with Gasteiger partial charge in [0, 0.05) is 35.3 Å². The maximum absolute atomic E-state index is 6.32. The first-order valence-corrected chi connectivity index (χ1v) is 8.07. The van der Waals surface area contributed by atoms with Gasteiger partial charge >= 0.3 is 0 Å². The quantitative estimate of drug-likeness (QED) is 0.826. The van der Waals surface area contributed by atoms with Crippen LogP contribution in [0.1, 0.15) is 17.2 Å². The lowest BCUT2D eigenvalue weighted by Gasteiger charge is -2.19. The number of likely N-dealkylation sites (N-methyl/N-ethyl adjacent to an activating group) is 1. The molecule has 0 amide bonds. The maximum Gasteiger partial charge on any atom is 0.0449 e. The van der Waals surface area contributed by atoms with E-state index in [1.54, 1.807) is 0 Å². The molecule has 1 atom stereocenters. The Balaban J connectivity index is 2.19. The van der Waals surface area contributed by atoms with Crippen LogP contribution in [0.3, 0.4) is 0 Å². The molecule has 2 aromatic rings. The molecule has 0 aliphatic carbocycles. The fourth-order valence-corrected chi connectivity index (χ4v) is 3.05. The van der Waals surface area contributed by atoms with Crippen LogP contribution in [0.4, 0.5) is 5.69 Å². The van der Waals surface area contributed by atoms with Crippen molar-refractivity contribution in [3.63, 3.8) is 0 Å². The molecule has 1 unspecified atom stereocenters. The van der Waals surface area contributed by atoms with Gasteiger partial charge in [0.25, 0.3) is 0 Å². The van der Waals surface area contributed by atoms with Crippen molar-refractivity contribution in [2.24, 2.45) is 0 Å². The molecular weight excluding hydrogens is 348 g/mol. The van der Waals surface area contributed by atoms with Gasteiger partial charge in [0.2, 0.25) is 0 Å². The number of benzene rings is 2. The predicted octanol–water partition coefficient (Wildman–Crippen LogP) is 4.67. The third-order valence-electron chi connectivity index (χ3n) is 3.60. The molecule has 4 heteroatoms. The summed E-state index contributed by atoms with van der Waals surface area (Å²) in [7, 11) is 6.08. The Morgan fingerprint density at radius 1 is 1.14 bits per heavy atom. The minimum Gasteiger partial charge on any atom is -0.378 e. The van der Waals surface area contributed by atoms with Crippen LogP contribution in [0.15, 0.2) is 46.9 Å². The zero-order valence-corrected chi connectivity index (χ0v) is 14.9. The number of halogens is 2. The molecule has 2 nitrogen and oxygen atoms in total. The van der Waals surface area contributed by atoms with E-state index < -0.39 is 0 Å². The van der Waals surface area contributed by atoms with E-state index in [9.17, 15) is 0 Å². The van der Waals surface area contributed by atoms with Gasteiger partial charge < -0.3 is 10.2 Å². The van der Waals surface area contributed by atoms with Gasteiger partial charge in [0.05, 0.1) is 0 Å². The highest BCUT2D eigenvalue weighted by Gasteiger charge is 2.12. The summed E-state index contributed by atoms with van der Waals surface area (Å²) in [5.41, 5.74) is 3.62. The van der Waals surface area contributed by atoms with E-state index in [1.807, 2.05) is 33.3 Å². The van der Waals surface area contributed by atoms with Gasteiger partial charge in [-0.1, -0.05) is 45.7 Å². The molecule has 0 saturated carbocycles. The summed E-state index contributed by atoms with van der Waals surface area (Å²) in [6.45, 7) is 0. The summed E-state index contributed by atoms with van der Waals surface area (Å²) in [6, 6.07) is 14.9. The molecule has 2 rings (SSSR count). The number of hydrogen-bond donors (Lipinski definition) is 1. The summed E-state index contributed by atoms with van der Waals surface area (Å²) in [6.07, 6.45) is 0.865. The maximum atomic E-state index is 6.32. The predicted molar refractivity (Wildman–Crippen MR) is 95.4 cm³/mol. The molecule has 0 radical (unpaired) electrons. The molecule has 1 N–H and O–H groups in total. The summed E-state index contributed by atoms with van der Waals surface area (Å²) in [5, 5.41) is 4.17. The first-order valence-electron chi connectivity index (χ1n) is 6.89. The first kappa shape index (κ1) is 16.3. The molecule has 112 valence electrons.